The van der Waals surface area contributed by atoms with E-state index in [1.165, 1.54) is 6.08 Å². The molecule has 0 fully saturated rings. The van der Waals surface area contributed by atoms with Crippen LogP contribution in [0.25, 0.3) is 6.08 Å². The Hall–Kier alpha value is -2.25. The molecule has 2 aromatic rings. The van der Waals surface area contributed by atoms with Gasteiger partial charge in [0.2, 0.25) is 5.91 Å². The van der Waals surface area contributed by atoms with Gasteiger partial charge in [-0.15, -0.1) is 0 Å². The number of hydrogen-bond acceptors (Lipinski definition) is 2. The zero-order valence-corrected chi connectivity index (χ0v) is 13.3. The number of aromatic amines is 1. The number of anilines is 1. The highest BCUT2D eigenvalue weighted by molar-refractivity contribution is 6.37. The molecule has 1 aromatic carbocycles. The summed E-state index contributed by atoms with van der Waals surface area (Å²) in [5, 5.41) is 2.67. The zero-order chi connectivity index (χ0) is 17.9. The molecule has 2 rings (SSSR count). The Bertz CT molecular complexity index is 840. The molecule has 1 aromatic heterocycles. The third-order valence-corrected chi connectivity index (χ3v) is 3.55. The monoisotopic (exact) mass is 376 g/mol. The van der Waals surface area contributed by atoms with Crippen LogP contribution in [0.1, 0.15) is 11.1 Å². The molecule has 0 unspecified atom stereocenters. The molecular formula is C15H9Cl2F3N2O2. The van der Waals surface area contributed by atoms with Gasteiger partial charge in [0.25, 0.3) is 5.56 Å². The largest absolute Gasteiger partial charge is 0.417 e. The maximum absolute atomic E-state index is 12.6. The lowest BCUT2D eigenvalue weighted by atomic mass is 10.2. The topological polar surface area (TPSA) is 62.0 Å². The average Bonchev–Trinajstić information content (AvgIpc) is 2.48. The number of H-pyrrole nitrogens is 1. The molecule has 0 aliphatic rings. The Morgan fingerprint density at radius 1 is 1.21 bits per heavy atom. The van der Waals surface area contributed by atoms with Gasteiger partial charge in [0.05, 0.1) is 5.56 Å². The van der Waals surface area contributed by atoms with E-state index in [1.807, 2.05) is 4.98 Å². The van der Waals surface area contributed by atoms with E-state index >= 15 is 0 Å². The van der Waals surface area contributed by atoms with Gasteiger partial charge < -0.3 is 10.3 Å². The van der Waals surface area contributed by atoms with E-state index in [4.69, 9.17) is 23.2 Å². The summed E-state index contributed by atoms with van der Waals surface area (Å²) in [5.41, 5.74) is -2.10. The number of alkyl halides is 3. The predicted molar refractivity (Wildman–Crippen MR) is 86.2 cm³/mol. The van der Waals surface area contributed by atoms with Gasteiger partial charge in [-0.3, -0.25) is 9.59 Å². The Labute approximate surface area is 143 Å². The maximum atomic E-state index is 12.6. The lowest BCUT2D eigenvalue weighted by Gasteiger charge is -2.08. The molecule has 0 aliphatic heterocycles. The fourth-order valence-corrected chi connectivity index (χ4v) is 2.27. The summed E-state index contributed by atoms with van der Waals surface area (Å²) < 4.78 is 37.9. The van der Waals surface area contributed by atoms with Gasteiger partial charge in [0.1, 0.15) is 5.69 Å². The lowest BCUT2D eigenvalue weighted by Crippen LogP contribution is -2.20. The Balaban J connectivity index is 2.21. The summed E-state index contributed by atoms with van der Waals surface area (Å²) in [4.78, 5) is 25.2. The van der Waals surface area contributed by atoms with E-state index in [2.05, 4.69) is 5.32 Å². The molecule has 0 aliphatic carbocycles. The smallest absolute Gasteiger partial charge is 0.327 e. The minimum Gasteiger partial charge on any atom is -0.327 e. The highest BCUT2D eigenvalue weighted by Crippen LogP contribution is 2.29. The molecule has 126 valence electrons. The van der Waals surface area contributed by atoms with Crippen molar-refractivity contribution in [3.63, 3.8) is 0 Å². The molecule has 24 heavy (non-hydrogen) atoms. The van der Waals surface area contributed by atoms with Gasteiger partial charge in [-0.05, 0) is 24.3 Å². The van der Waals surface area contributed by atoms with Crippen LogP contribution in [0.5, 0.6) is 0 Å². The van der Waals surface area contributed by atoms with Crippen molar-refractivity contribution in [3.8, 4) is 0 Å². The minimum atomic E-state index is -4.65. The first-order valence-corrected chi connectivity index (χ1v) is 7.17. The van der Waals surface area contributed by atoms with Crippen LogP contribution in [-0.2, 0) is 11.0 Å². The molecule has 0 saturated carbocycles. The number of carbonyl (C=O) groups excluding carboxylic acids is 1. The molecule has 4 nitrogen and oxygen atoms in total. The predicted octanol–water partition coefficient (Wildman–Crippen LogP) is 4.35. The number of benzene rings is 1. The summed E-state index contributed by atoms with van der Waals surface area (Å²) >= 11 is 11.8. The highest BCUT2D eigenvalue weighted by atomic mass is 35.5. The van der Waals surface area contributed by atoms with Gasteiger partial charge >= 0.3 is 6.18 Å². The van der Waals surface area contributed by atoms with Crippen LogP contribution in [0.15, 0.2) is 41.3 Å². The van der Waals surface area contributed by atoms with Crippen molar-refractivity contribution in [2.45, 2.75) is 6.18 Å². The molecular weight excluding hydrogens is 368 g/mol. The highest BCUT2D eigenvalue weighted by Gasteiger charge is 2.31. The van der Waals surface area contributed by atoms with Crippen molar-refractivity contribution in [2.24, 2.45) is 0 Å². The second-order valence-electron chi connectivity index (χ2n) is 4.59. The number of rotatable bonds is 3. The molecule has 9 heteroatoms. The maximum Gasteiger partial charge on any atom is 0.417 e. The molecule has 0 spiro atoms. The van der Waals surface area contributed by atoms with Gasteiger partial charge in [-0.25, -0.2) is 0 Å². The van der Waals surface area contributed by atoms with Crippen molar-refractivity contribution in [1.82, 2.24) is 4.98 Å². The van der Waals surface area contributed by atoms with E-state index in [1.54, 1.807) is 18.2 Å². The zero-order valence-electron chi connectivity index (χ0n) is 11.7. The molecule has 1 amide bonds. The van der Waals surface area contributed by atoms with E-state index in [0.29, 0.717) is 27.9 Å². The number of carbonyl (C=O) groups is 1. The summed E-state index contributed by atoms with van der Waals surface area (Å²) in [7, 11) is 0. The third kappa shape index (κ3) is 4.39. The van der Waals surface area contributed by atoms with E-state index in [9.17, 15) is 22.8 Å². The molecule has 1 heterocycles. The second kappa shape index (κ2) is 7.11. The summed E-state index contributed by atoms with van der Waals surface area (Å²) in [5.74, 6) is -0.809. The van der Waals surface area contributed by atoms with Crippen molar-refractivity contribution in [3.05, 3.63) is 68.1 Å². The van der Waals surface area contributed by atoms with Gasteiger partial charge in [0.15, 0.2) is 0 Å². The number of hydrogen-bond donors (Lipinski definition) is 2. The average molecular weight is 377 g/mol. The van der Waals surface area contributed by atoms with Crippen LogP contribution in [0.4, 0.5) is 18.9 Å². The number of aromatic nitrogens is 1. The Morgan fingerprint density at radius 3 is 2.42 bits per heavy atom. The van der Waals surface area contributed by atoms with Gasteiger partial charge in [-0.1, -0.05) is 29.3 Å². The van der Waals surface area contributed by atoms with E-state index in [0.717, 1.165) is 6.08 Å². The van der Waals surface area contributed by atoms with Crippen molar-refractivity contribution in [1.29, 1.82) is 0 Å². The van der Waals surface area contributed by atoms with Gasteiger partial charge in [0, 0.05) is 27.9 Å². The van der Waals surface area contributed by atoms with Crippen molar-refractivity contribution >= 4 is 40.9 Å². The SMILES string of the molecule is O=C(C=Cc1c(Cl)cccc1Cl)Nc1cc(C(F)(F)F)c[nH]c1=O. The summed E-state index contributed by atoms with van der Waals surface area (Å²) in [6, 6.07) is 5.28. The standard InChI is InChI=1S/C15H9Cl2F3N2O2/c16-10-2-1-3-11(17)9(10)4-5-13(23)22-12-6-8(15(18,19)20)7-21-14(12)24/h1-7H,(H,21,24)(H,22,23). The lowest BCUT2D eigenvalue weighted by molar-refractivity contribution is -0.137. The van der Waals surface area contributed by atoms with Crippen LogP contribution in [0.3, 0.4) is 0 Å². The van der Waals surface area contributed by atoms with Crippen LogP contribution >= 0.6 is 23.2 Å². The van der Waals surface area contributed by atoms with Crippen LogP contribution < -0.4 is 10.9 Å². The molecule has 0 bridgehead atoms. The second-order valence-corrected chi connectivity index (χ2v) is 5.40. The molecule has 0 saturated heterocycles. The first-order valence-electron chi connectivity index (χ1n) is 6.41. The summed E-state index contributed by atoms with van der Waals surface area (Å²) in [6.07, 6.45) is -1.82. The fraction of sp³-hybridized carbons (Fsp3) is 0.0667. The van der Waals surface area contributed by atoms with E-state index < -0.39 is 28.9 Å². The van der Waals surface area contributed by atoms with Crippen LogP contribution in [-0.4, -0.2) is 10.9 Å². The quantitative estimate of drug-likeness (QED) is 0.782. The van der Waals surface area contributed by atoms with Crippen molar-refractivity contribution < 1.29 is 18.0 Å². The summed E-state index contributed by atoms with van der Waals surface area (Å²) in [6.45, 7) is 0. The van der Waals surface area contributed by atoms with Crippen molar-refractivity contribution in [2.75, 3.05) is 5.32 Å². The minimum absolute atomic E-state index is 0.295. The van der Waals surface area contributed by atoms with Gasteiger partial charge in [-0.2, -0.15) is 13.2 Å². The first-order chi connectivity index (χ1) is 11.2. The Kier molecular flexibility index (Phi) is 5.36. The molecule has 2 N–H and O–H groups in total. The van der Waals surface area contributed by atoms with E-state index in [-0.39, 0.29) is 0 Å². The molecule has 0 radical (unpaired) electrons. The third-order valence-electron chi connectivity index (χ3n) is 2.89. The van der Waals surface area contributed by atoms with Crippen LogP contribution in [0.2, 0.25) is 10.0 Å². The molecule has 0 atom stereocenters. The van der Waals surface area contributed by atoms with Crippen LogP contribution in [0, 0.1) is 0 Å². The normalized spacial score (nSPS) is 11.7. The first kappa shape index (κ1) is 18.1. The number of nitrogens with one attached hydrogen (secondary N) is 2. The number of pyridine rings is 1. The number of halogens is 5. The number of amides is 1. The Morgan fingerprint density at radius 2 is 1.83 bits per heavy atom. The fourth-order valence-electron chi connectivity index (χ4n) is 1.74.